The summed E-state index contributed by atoms with van der Waals surface area (Å²) in [5.74, 6) is 4.86. The number of thioether (sulfide) groups is 1. The fourth-order valence-electron chi connectivity index (χ4n) is 1.36. The van der Waals surface area contributed by atoms with Crippen LogP contribution in [0.5, 0.6) is 5.75 Å². The smallest absolute Gasteiger partial charge is 0.291 e. The van der Waals surface area contributed by atoms with E-state index in [-0.39, 0.29) is 22.3 Å². The van der Waals surface area contributed by atoms with Crippen molar-refractivity contribution in [3.8, 4) is 5.75 Å². The lowest BCUT2D eigenvalue weighted by molar-refractivity contribution is -0.113. The second-order valence-corrected chi connectivity index (χ2v) is 5.21. The zero-order valence-electron chi connectivity index (χ0n) is 10.5. The number of halogens is 1. The number of nitrogens with zero attached hydrogens (tertiary/aromatic N) is 3. The van der Waals surface area contributed by atoms with Crippen LogP contribution in [0, 0.1) is 0 Å². The van der Waals surface area contributed by atoms with Gasteiger partial charge in [0, 0.05) is 5.02 Å². The molecule has 1 aromatic heterocycles. The molecule has 2 aromatic rings. The first-order valence-electron chi connectivity index (χ1n) is 5.58. The van der Waals surface area contributed by atoms with Gasteiger partial charge in [-0.25, -0.2) is 0 Å². The van der Waals surface area contributed by atoms with E-state index in [4.69, 9.17) is 17.4 Å². The highest BCUT2D eigenvalue weighted by Gasteiger charge is 2.10. The van der Waals surface area contributed by atoms with Crippen LogP contribution < -0.4 is 16.7 Å². The SMILES string of the molecule is Nn1c(SCC(=O)Nc2cc(Cl)ccc2O)nncc1=O. The summed E-state index contributed by atoms with van der Waals surface area (Å²) >= 11 is 6.71. The lowest BCUT2D eigenvalue weighted by Crippen LogP contribution is -2.30. The minimum Gasteiger partial charge on any atom is -0.506 e. The zero-order valence-corrected chi connectivity index (χ0v) is 12.1. The molecule has 0 fully saturated rings. The van der Waals surface area contributed by atoms with Crippen LogP contribution >= 0.6 is 23.4 Å². The highest BCUT2D eigenvalue weighted by Crippen LogP contribution is 2.26. The Hall–Kier alpha value is -2.26. The molecule has 0 atom stereocenters. The van der Waals surface area contributed by atoms with Crippen LogP contribution in [0.4, 0.5) is 5.69 Å². The molecule has 2 rings (SSSR count). The van der Waals surface area contributed by atoms with Gasteiger partial charge in [-0.3, -0.25) is 9.59 Å². The Labute approximate surface area is 127 Å². The Balaban J connectivity index is 2.01. The number of nitrogens with one attached hydrogen (secondary N) is 1. The maximum atomic E-state index is 11.8. The summed E-state index contributed by atoms with van der Waals surface area (Å²) in [6.07, 6.45) is 0.966. The van der Waals surface area contributed by atoms with E-state index in [0.717, 1.165) is 22.6 Å². The molecule has 0 radical (unpaired) electrons. The van der Waals surface area contributed by atoms with E-state index in [1.165, 1.54) is 18.2 Å². The Bertz CT molecular complexity index is 736. The monoisotopic (exact) mass is 327 g/mol. The molecule has 0 aliphatic rings. The number of benzene rings is 1. The quantitative estimate of drug-likeness (QED) is 0.423. The van der Waals surface area contributed by atoms with Gasteiger partial charge in [0.2, 0.25) is 11.1 Å². The predicted molar refractivity (Wildman–Crippen MR) is 78.9 cm³/mol. The summed E-state index contributed by atoms with van der Waals surface area (Å²) in [5, 5.41) is 19.7. The van der Waals surface area contributed by atoms with Crippen molar-refractivity contribution in [3.63, 3.8) is 0 Å². The van der Waals surface area contributed by atoms with Gasteiger partial charge in [0.15, 0.2) is 0 Å². The minimum absolute atomic E-state index is 0.0682. The molecular weight excluding hydrogens is 318 g/mol. The summed E-state index contributed by atoms with van der Waals surface area (Å²) in [7, 11) is 0. The van der Waals surface area contributed by atoms with Crippen molar-refractivity contribution in [1.82, 2.24) is 14.9 Å². The van der Waals surface area contributed by atoms with Crippen molar-refractivity contribution in [2.45, 2.75) is 5.16 Å². The van der Waals surface area contributed by atoms with Gasteiger partial charge in [-0.15, -0.1) is 5.10 Å². The van der Waals surface area contributed by atoms with E-state index in [1.807, 2.05) is 0 Å². The number of aromatic nitrogens is 3. The third-order valence-corrected chi connectivity index (χ3v) is 3.50. The van der Waals surface area contributed by atoms with Gasteiger partial charge in [-0.2, -0.15) is 9.77 Å². The van der Waals surface area contributed by atoms with Crippen LogP contribution in [0.2, 0.25) is 5.02 Å². The molecule has 0 spiro atoms. The summed E-state index contributed by atoms with van der Waals surface area (Å²) in [6, 6.07) is 4.28. The van der Waals surface area contributed by atoms with Crippen LogP contribution in [0.1, 0.15) is 0 Å². The summed E-state index contributed by atoms with van der Waals surface area (Å²) in [6.45, 7) is 0. The summed E-state index contributed by atoms with van der Waals surface area (Å²) in [5.41, 5.74) is -0.335. The van der Waals surface area contributed by atoms with E-state index < -0.39 is 11.5 Å². The molecule has 0 bridgehead atoms. The number of anilines is 1. The number of hydrogen-bond donors (Lipinski definition) is 3. The van der Waals surface area contributed by atoms with Crippen LogP contribution in [-0.2, 0) is 4.79 Å². The van der Waals surface area contributed by atoms with Gasteiger partial charge in [0.05, 0.1) is 11.4 Å². The van der Waals surface area contributed by atoms with Gasteiger partial charge < -0.3 is 16.3 Å². The van der Waals surface area contributed by atoms with Crippen molar-refractivity contribution >= 4 is 35.0 Å². The Morgan fingerprint density at radius 1 is 1.52 bits per heavy atom. The molecule has 21 heavy (non-hydrogen) atoms. The maximum absolute atomic E-state index is 11.8. The number of nitrogen functional groups attached to an aromatic ring is 1. The molecule has 110 valence electrons. The van der Waals surface area contributed by atoms with Gasteiger partial charge in [-0.1, -0.05) is 23.4 Å². The molecular formula is C11H10ClN5O3S. The lowest BCUT2D eigenvalue weighted by atomic mass is 10.3. The topological polar surface area (TPSA) is 123 Å². The van der Waals surface area contributed by atoms with Crippen molar-refractivity contribution in [2.75, 3.05) is 16.9 Å². The van der Waals surface area contributed by atoms with Crippen molar-refractivity contribution in [1.29, 1.82) is 0 Å². The highest BCUT2D eigenvalue weighted by molar-refractivity contribution is 7.99. The Kier molecular flexibility index (Phi) is 4.66. The van der Waals surface area contributed by atoms with E-state index in [1.54, 1.807) is 0 Å². The summed E-state index contributed by atoms with van der Waals surface area (Å²) < 4.78 is 0.793. The number of carbonyl (C=O) groups is 1. The van der Waals surface area contributed by atoms with Crippen molar-refractivity contribution in [2.24, 2.45) is 0 Å². The number of phenolic OH excluding ortho intramolecular Hbond substituents is 1. The molecule has 4 N–H and O–H groups in total. The highest BCUT2D eigenvalue weighted by atomic mass is 35.5. The third-order valence-electron chi connectivity index (χ3n) is 2.32. The standard InChI is InChI=1S/C11H10ClN5O3S/c12-6-1-2-8(18)7(3-6)15-9(19)5-21-11-16-14-4-10(20)17(11)13/h1-4,18H,5,13H2,(H,15,19). The number of hydrogen-bond acceptors (Lipinski definition) is 7. The molecule has 0 unspecified atom stereocenters. The molecule has 0 aliphatic heterocycles. The number of carbonyl (C=O) groups excluding carboxylic acids is 1. The molecule has 1 heterocycles. The molecule has 0 saturated carbocycles. The van der Waals surface area contributed by atoms with Gasteiger partial charge in [0.25, 0.3) is 5.56 Å². The second kappa shape index (κ2) is 6.46. The van der Waals surface area contributed by atoms with E-state index in [0.29, 0.717) is 5.02 Å². The van der Waals surface area contributed by atoms with Gasteiger partial charge in [-0.05, 0) is 18.2 Å². The zero-order chi connectivity index (χ0) is 15.4. The van der Waals surface area contributed by atoms with Gasteiger partial charge in [0.1, 0.15) is 11.9 Å². The normalized spacial score (nSPS) is 10.3. The second-order valence-electron chi connectivity index (χ2n) is 3.83. The number of nitrogens with two attached hydrogens (primary N) is 1. The fourth-order valence-corrected chi connectivity index (χ4v) is 2.19. The molecule has 0 saturated heterocycles. The van der Waals surface area contributed by atoms with E-state index in [9.17, 15) is 14.7 Å². The molecule has 10 heteroatoms. The van der Waals surface area contributed by atoms with Gasteiger partial charge >= 0.3 is 0 Å². The average molecular weight is 328 g/mol. The maximum Gasteiger partial charge on any atom is 0.291 e. The van der Waals surface area contributed by atoms with Crippen LogP contribution in [0.3, 0.4) is 0 Å². The average Bonchev–Trinajstić information content (AvgIpc) is 2.44. The van der Waals surface area contributed by atoms with Crippen LogP contribution in [-0.4, -0.2) is 31.6 Å². The first kappa shape index (κ1) is 15.1. The number of aromatic hydroxyl groups is 1. The summed E-state index contributed by atoms with van der Waals surface area (Å²) in [4.78, 5) is 23.0. The predicted octanol–water partition coefficient (Wildman–Crippen LogP) is 0.442. The lowest BCUT2D eigenvalue weighted by Gasteiger charge is -2.08. The van der Waals surface area contributed by atoms with E-state index >= 15 is 0 Å². The number of phenols is 1. The Morgan fingerprint density at radius 3 is 3.05 bits per heavy atom. The largest absolute Gasteiger partial charge is 0.506 e. The fraction of sp³-hybridized carbons (Fsp3) is 0.0909. The van der Waals surface area contributed by atoms with Crippen molar-refractivity contribution < 1.29 is 9.90 Å². The molecule has 1 aromatic carbocycles. The van der Waals surface area contributed by atoms with Crippen LogP contribution in [0.25, 0.3) is 0 Å². The molecule has 8 nitrogen and oxygen atoms in total. The molecule has 1 amide bonds. The molecule has 0 aliphatic carbocycles. The minimum atomic E-state index is -0.527. The first-order chi connectivity index (χ1) is 9.97. The van der Waals surface area contributed by atoms with E-state index in [2.05, 4.69) is 15.5 Å². The Morgan fingerprint density at radius 2 is 2.29 bits per heavy atom. The third kappa shape index (κ3) is 3.86. The first-order valence-corrected chi connectivity index (χ1v) is 6.94. The number of rotatable bonds is 4. The van der Waals surface area contributed by atoms with Crippen molar-refractivity contribution in [3.05, 3.63) is 39.8 Å². The van der Waals surface area contributed by atoms with Crippen LogP contribution in [0.15, 0.2) is 34.3 Å². The number of amides is 1.